The number of halogens is 1. The molecule has 2 atom stereocenters. The second kappa shape index (κ2) is 9.04. The highest BCUT2D eigenvalue weighted by Crippen LogP contribution is 2.40. The summed E-state index contributed by atoms with van der Waals surface area (Å²) >= 11 is 5.89. The van der Waals surface area contributed by atoms with E-state index >= 15 is 0 Å². The maximum atomic E-state index is 12.8. The molecular weight excluding hydrogens is 412 g/mol. The fourth-order valence-corrected chi connectivity index (χ4v) is 4.55. The molecule has 0 unspecified atom stereocenters. The van der Waals surface area contributed by atoms with Gasteiger partial charge in [-0.1, -0.05) is 32.4 Å². The van der Waals surface area contributed by atoms with Crippen molar-refractivity contribution < 1.29 is 19.1 Å². The van der Waals surface area contributed by atoms with Crippen molar-refractivity contribution in [2.75, 3.05) is 0 Å². The van der Waals surface area contributed by atoms with E-state index in [-0.39, 0.29) is 23.3 Å². The van der Waals surface area contributed by atoms with Gasteiger partial charge in [0.15, 0.2) is 11.4 Å². The van der Waals surface area contributed by atoms with Gasteiger partial charge < -0.3 is 9.47 Å². The Kier molecular flexibility index (Phi) is 6.80. The number of esters is 1. The monoisotopic (exact) mass is 442 g/mol. The molecule has 166 valence electrons. The Hall–Kier alpha value is -2.33. The van der Waals surface area contributed by atoms with Gasteiger partial charge >= 0.3 is 5.97 Å². The van der Waals surface area contributed by atoms with Crippen LogP contribution in [0.1, 0.15) is 69.8 Å². The van der Waals surface area contributed by atoms with Crippen LogP contribution in [-0.4, -0.2) is 23.5 Å². The number of carbonyl (C=O) groups excluding carboxylic acids is 2. The summed E-state index contributed by atoms with van der Waals surface area (Å²) in [6.07, 6.45) is 2.80. The summed E-state index contributed by atoms with van der Waals surface area (Å²) in [5.41, 5.74) is 0.132. The van der Waals surface area contributed by atoms with Gasteiger partial charge in [0, 0.05) is 16.1 Å². The van der Waals surface area contributed by atoms with Gasteiger partial charge in [-0.2, -0.15) is 0 Å². The first-order valence-corrected chi connectivity index (χ1v) is 11.1. The van der Waals surface area contributed by atoms with Crippen molar-refractivity contribution in [3.8, 4) is 5.75 Å². The maximum absolute atomic E-state index is 12.8. The quantitative estimate of drug-likeness (QED) is 0.379. The minimum absolute atomic E-state index is 0.0894. The van der Waals surface area contributed by atoms with Gasteiger partial charge in [0.25, 0.3) is 0 Å². The Morgan fingerprint density at radius 2 is 1.52 bits per heavy atom. The molecule has 0 spiro atoms. The fraction of sp³-hybridized carbons (Fsp3) is 0.462. The SMILES string of the molecule is C[C@H]1C[C@H](OC(=O)C(C)(C)Oc2ccc(C(=O)c3ccc(Cl)cc3)cc2)CC(C)(C)C1. The van der Waals surface area contributed by atoms with Crippen LogP contribution in [0.3, 0.4) is 0 Å². The third-order valence-corrected chi connectivity index (χ3v) is 5.96. The van der Waals surface area contributed by atoms with Crippen molar-refractivity contribution >= 4 is 23.4 Å². The van der Waals surface area contributed by atoms with E-state index in [0.717, 1.165) is 19.3 Å². The van der Waals surface area contributed by atoms with E-state index in [9.17, 15) is 9.59 Å². The summed E-state index contributed by atoms with van der Waals surface area (Å²) in [4.78, 5) is 25.4. The fourth-order valence-electron chi connectivity index (χ4n) is 4.42. The van der Waals surface area contributed by atoms with E-state index in [1.54, 1.807) is 62.4 Å². The summed E-state index contributed by atoms with van der Waals surface area (Å²) < 4.78 is 11.8. The van der Waals surface area contributed by atoms with Crippen molar-refractivity contribution in [3.05, 3.63) is 64.7 Å². The first-order valence-electron chi connectivity index (χ1n) is 10.8. The minimum Gasteiger partial charge on any atom is -0.476 e. The zero-order chi connectivity index (χ0) is 22.8. The number of ether oxygens (including phenoxy) is 2. The molecule has 2 aromatic rings. The molecule has 0 amide bonds. The molecule has 2 aromatic carbocycles. The Morgan fingerprint density at radius 3 is 2.06 bits per heavy atom. The lowest BCUT2D eigenvalue weighted by molar-refractivity contribution is -0.169. The lowest BCUT2D eigenvalue weighted by Crippen LogP contribution is -2.43. The predicted octanol–water partition coefficient (Wildman–Crippen LogP) is 6.49. The van der Waals surface area contributed by atoms with Gasteiger partial charge in [-0.05, 0) is 93.0 Å². The smallest absolute Gasteiger partial charge is 0.350 e. The average Bonchev–Trinajstić information content (AvgIpc) is 2.66. The van der Waals surface area contributed by atoms with Crippen LogP contribution in [-0.2, 0) is 9.53 Å². The minimum atomic E-state index is -1.13. The zero-order valence-electron chi connectivity index (χ0n) is 18.9. The topological polar surface area (TPSA) is 52.6 Å². The maximum Gasteiger partial charge on any atom is 0.350 e. The van der Waals surface area contributed by atoms with Crippen LogP contribution in [0, 0.1) is 11.3 Å². The highest BCUT2D eigenvalue weighted by Gasteiger charge is 2.38. The van der Waals surface area contributed by atoms with Crippen LogP contribution in [0.2, 0.25) is 5.02 Å². The molecule has 0 aromatic heterocycles. The van der Waals surface area contributed by atoms with E-state index in [4.69, 9.17) is 21.1 Å². The largest absolute Gasteiger partial charge is 0.476 e. The number of carbonyl (C=O) groups is 2. The second-order valence-electron chi connectivity index (χ2n) is 9.91. The number of ketones is 1. The Bertz CT molecular complexity index is 929. The van der Waals surface area contributed by atoms with Crippen LogP contribution in [0.4, 0.5) is 0 Å². The van der Waals surface area contributed by atoms with E-state index in [1.165, 1.54) is 0 Å². The van der Waals surface area contributed by atoms with Crippen LogP contribution in [0.25, 0.3) is 0 Å². The molecule has 1 aliphatic carbocycles. The Labute approximate surface area is 189 Å². The second-order valence-corrected chi connectivity index (χ2v) is 10.3. The molecule has 3 rings (SSSR count). The summed E-state index contributed by atoms with van der Waals surface area (Å²) in [6.45, 7) is 10.1. The molecule has 0 saturated heterocycles. The first kappa shape index (κ1) is 23.3. The van der Waals surface area contributed by atoms with Crippen molar-refractivity contribution in [2.24, 2.45) is 11.3 Å². The molecule has 0 aliphatic heterocycles. The van der Waals surface area contributed by atoms with E-state index in [0.29, 0.717) is 27.8 Å². The van der Waals surface area contributed by atoms with Crippen LogP contribution in [0.5, 0.6) is 5.75 Å². The third-order valence-electron chi connectivity index (χ3n) is 5.71. The molecule has 1 fully saturated rings. The molecule has 4 nitrogen and oxygen atoms in total. The van der Waals surface area contributed by atoms with Gasteiger partial charge in [-0.15, -0.1) is 0 Å². The predicted molar refractivity (Wildman–Crippen MR) is 123 cm³/mol. The molecule has 0 bridgehead atoms. The normalized spacial score (nSPS) is 20.7. The molecule has 5 heteroatoms. The van der Waals surface area contributed by atoms with Crippen molar-refractivity contribution in [1.29, 1.82) is 0 Å². The Balaban J connectivity index is 1.63. The van der Waals surface area contributed by atoms with Crippen LogP contribution < -0.4 is 4.74 Å². The number of hydrogen-bond acceptors (Lipinski definition) is 4. The molecule has 1 saturated carbocycles. The zero-order valence-corrected chi connectivity index (χ0v) is 19.7. The van der Waals surface area contributed by atoms with Crippen LogP contribution in [0.15, 0.2) is 48.5 Å². The van der Waals surface area contributed by atoms with Crippen molar-refractivity contribution in [3.63, 3.8) is 0 Å². The first-order chi connectivity index (χ1) is 14.4. The van der Waals surface area contributed by atoms with E-state index in [2.05, 4.69) is 20.8 Å². The summed E-state index contributed by atoms with van der Waals surface area (Å²) in [6, 6.07) is 13.6. The molecule has 1 aliphatic rings. The third kappa shape index (κ3) is 6.10. The van der Waals surface area contributed by atoms with Gasteiger partial charge in [0.2, 0.25) is 0 Å². The van der Waals surface area contributed by atoms with Crippen molar-refractivity contribution in [2.45, 2.75) is 65.6 Å². The molecule has 31 heavy (non-hydrogen) atoms. The van der Waals surface area contributed by atoms with Gasteiger partial charge in [0.1, 0.15) is 11.9 Å². The molecular formula is C26H31ClO4. The van der Waals surface area contributed by atoms with Crippen molar-refractivity contribution in [1.82, 2.24) is 0 Å². The summed E-state index contributed by atoms with van der Waals surface area (Å²) in [5.74, 6) is 0.558. The number of rotatable bonds is 6. The van der Waals surface area contributed by atoms with Crippen LogP contribution >= 0.6 is 11.6 Å². The lowest BCUT2D eigenvalue weighted by atomic mass is 9.71. The molecule has 0 N–H and O–H groups in total. The highest BCUT2D eigenvalue weighted by molar-refractivity contribution is 6.30. The standard InChI is InChI=1S/C26H31ClO4/c1-17-14-22(16-25(2,3)15-17)30-24(29)26(4,5)31-21-12-8-19(9-13-21)23(28)18-6-10-20(27)11-7-18/h6-13,17,22H,14-16H2,1-5H3/t17-,22-/m0/s1. The number of benzene rings is 2. The van der Waals surface area contributed by atoms with E-state index < -0.39 is 5.60 Å². The van der Waals surface area contributed by atoms with Gasteiger partial charge in [-0.25, -0.2) is 4.79 Å². The lowest BCUT2D eigenvalue weighted by Gasteiger charge is -2.39. The average molecular weight is 443 g/mol. The van der Waals surface area contributed by atoms with Gasteiger partial charge in [-0.3, -0.25) is 4.79 Å². The van der Waals surface area contributed by atoms with E-state index in [1.807, 2.05) is 0 Å². The molecule has 0 radical (unpaired) electrons. The summed E-state index contributed by atoms with van der Waals surface area (Å²) in [5, 5.41) is 0.584. The molecule has 0 heterocycles. The van der Waals surface area contributed by atoms with Gasteiger partial charge in [0.05, 0.1) is 0 Å². The summed E-state index contributed by atoms with van der Waals surface area (Å²) in [7, 11) is 0. The highest BCUT2D eigenvalue weighted by atomic mass is 35.5. The Morgan fingerprint density at radius 1 is 0.968 bits per heavy atom. The number of hydrogen-bond donors (Lipinski definition) is 0.